The monoisotopic (exact) mass is 416 g/mol. The maximum Gasteiger partial charge on any atom is 0.229 e. The third kappa shape index (κ3) is 5.08. The Morgan fingerprint density at radius 3 is 2.52 bits per heavy atom. The Morgan fingerprint density at radius 1 is 1.07 bits per heavy atom. The van der Waals surface area contributed by atoms with E-state index in [9.17, 15) is 20.4 Å². The van der Waals surface area contributed by atoms with Crippen molar-refractivity contribution in [2.75, 3.05) is 6.61 Å². The van der Waals surface area contributed by atoms with Crippen LogP contribution in [0.5, 0.6) is 11.5 Å². The first-order valence-electron chi connectivity index (χ1n) is 8.78. The quantitative estimate of drug-likeness (QED) is 0.508. The molecule has 1 fully saturated rings. The molecular weight excluding hydrogens is 396 g/mol. The molecule has 2 heterocycles. The van der Waals surface area contributed by atoms with E-state index in [0.717, 1.165) is 10.4 Å². The lowest BCUT2D eigenvalue weighted by Crippen LogP contribution is -2.60. The minimum absolute atomic E-state index is 0.486. The fraction of sp³-hybridized carbons (Fsp3) is 0.333. The van der Waals surface area contributed by atoms with Crippen LogP contribution < -0.4 is 9.47 Å². The first-order chi connectivity index (χ1) is 14.0. The standard InChI is InChI=1S/C21H20O7S/c1-2-3-9-26-14-6-4-13(5-7-14)11-17-15(8-10-29-17)27-21-20(25)19(24)18(23)16(12-22)28-21/h1,4-8,10,16,18-25H,11-12H2. The van der Waals surface area contributed by atoms with E-state index < -0.39 is 37.3 Å². The molecule has 152 valence electrons. The minimum Gasteiger partial charge on any atom is -0.461 e. The SMILES string of the molecule is C#CC#COc1ccc(Cc2sccc2OC2OC(CO)C(O)C(O)C2O)cc1. The topological polar surface area (TPSA) is 109 Å². The van der Waals surface area contributed by atoms with Crippen LogP contribution in [-0.2, 0) is 11.2 Å². The van der Waals surface area contributed by atoms with E-state index in [1.54, 1.807) is 18.2 Å². The van der Waals surface area contributed by atoms with E-state index in [2.05, 4.69) is 17.9 Å². The van der Waals surface area contributed by atoms with Crippen LogP contribution in [0.3, 0.4) is 0 Å². The molecule has 5 atom stereocenters. The second kappa shape index (κ2) is 9.77. The highest BCUT2D eigenvalue weighted by Crippen LogP contribution is 2.31. The second-order valence-corrected chi connectivity index (χ2v) is 7.32. The van der Waals surface area contributed by atoms with Crippen LogP contribution in [0.25, 0.3) is 0 Å². The maximum absolute atomic E-state index is 10.1. The van der Waals surface area contributed by atoms with Gasteiger partial charge in [-0.3, -0.25) is 0 Å². The van der Waals surface area contributed by atoms with Crippen LogP contribution in [0.15, 0.2) is 35.7 Å². The van der Waals surface area contributed by atoms with E-state index in [0.29, 0.717) is 17.9 Å². The lowest BCUT2D eigenvalue weighted by Gasteiger charge is -2.39. The van der Waals surface area contributed by atoms with Gasteiger partial charge >= 0.3 is 0 Å². The van der Waals surface area contributed by atoms with Crippen molar-refractivity contribution in [3.05, 3.63) is 46.2 Å². The van der Waals surface area contributed by atoms with Gasteiger partial charge in [0.2, 0.25) is 6.29 Å². The molecule has 4 N–H and O–H groups in total. The first-order valence-corrected chi connectivity index (χ1v) is 9.66. The van der Waals surface area contributed by atoms with Gasteiger partial charge in [0.05, 0.1) is 11.5 Å². The van der Waals surface area contributed by atoms with Crippen molar-refractivity contribution < 1.29 is 34.6 Å². The van der Waals surface area contributed by atoms with Crippen molar-refractivity contribution in [2.24, 2.45) is 0 Å². The average molecular weight is 416 g/mol. The molecule has 0 bridgehead atoms. The number of aliphatic hydroxyl groups excluding tert-OH is 4. The number of benzene rings is 1. The summed E-state index contributed by atoms with van der Waals surface area (Å²) in [5.74, 6) is 5.59. The van der Waals surface area contributed by atoms with Gasteiger partial charge < -0.3 is 34.6 Å². The molecule has 0 spiro atoms. The largest absolute Gasteiger partial charge is 0.461 e. The summed E-state index contributed by atoms with van der Waals surface area (Å²) in [7, 11) is 0. The molecule has 1 aliphatic rings. The van der Waals surface area contributed by atoms with E-state index in [1.807, 2.05) is 17.5 Å². The molecule has 0 radical (unpaired) electrons. The van der Waals surface area contributed by atoms with Crippen LogP contribution in [0.2, 0.25) is 0 Å². The van der Waals surface area contributed by atoms with Gasteiger partial charge in [-0.05, 0) is 35.1 Å². The van der Waals surface area contributed by atoms with Crippen molar-refractivity contribution in [1.82, 2.24) is 0 Å². The van der Waals surface area contributed by atoms with Gasteiger partial charge in [0.25, 0.3) is 0 Å². The molecule has 0 aliphatic carbocycles. The molecule has 1 aromatic carbocycles. The molecule has 1 aromatic heterocycles. The van der Waals surface area contributed by atoms with Crippen LogP contribution in [0.4, 0.5) is 0 Å². The zero-order valence-electron chi connectivity index (χ0n) is 15.3. The van der Waals surface area contributed by atoms with Gasteiger partial charge in [0.1, 0.15) is 42.0 Å². The number of hydrogen-bond acceptors (Lipinski definition) is 8. The second-order valence-electron chi connectivity index (χ2n) is 6.32. The number of aliphatic hydroxyl groups is 4. The lowest BCUT2D eigenvalue weighted by molar-refractivity contribution is -0.277. The van der Waals surface area contributed by atoms with Gasteiger partial charge in [0.15, 0.2) is 0 Å². The van der Waals surface area contributed by atoms with Gasteiger partial charge in [0, 0.05) is 12.3 Å². The van der Waals surface area contributed by atoms with Gasteiger partial charge in [-0.15, -0.1) is 17.8 Å². The summed E-state index contributed by atoms with van der Waals surface area (Å²) >= 11 is 1.46. The van der Waals surface area contributed by atoms with Gasteiger partial charge in [-0.1, -0.05) is 12.1 Å². The van der Waals surface area contributed by atoms with Crippen LogP contribution in [0.1, 0.15) is 10.4 Å². The van der Waals surface area contributed by atoms with Gasteiger partial charge in [-0.2, -0.15) is 0 Å². The Labute approximate surface area is 172 Å². The highest BCUT2D eigenvalue weighted by molar-refractivity contribution is 7.10. The summed E-state index contributed by atoms with van der Waals surface area (Å²) in [4.78, 5) is 0.878. The number of rotatable bonds is 6. The summed E-state index contributed by atoms with van der Waals surface area (Å²) < 4.78 is 16.3. The Kier molecular flexibility index (Phi) is 7.13. The maximum atomic E-state index is 10.1. The Hall–Kier alpha value is -2.56. The van der Waals surface area contributed by atoms with E-state index in [-0.39, 0.29) is 0 Å². The molecule has 1 saturated heterocycles. The predicted molar refractivity (Wildman–Crippen MR) is 105 cm³/mol. The molecule has 1 aliphatic heterocycles. The Morgan fingerprint density at radius 2 is 1.83 bits per heavy atom. The highest BCUT2D eigenvalue weighted by Gasteiger charge is 2.44. The summed E-state index contributed by atoms with van der Waals surface area (Å²) in [6, 6.07) is 9.03. The van der Waals surface area contributed by atoms with Crippen LogP contribution >= 0.6 is 11.3 Å². The predicted octanol–water partition coefficient (Wildman–Crippen LogP) is 0.490. The Bertz CT molecular complexity index is 904. The third-order valence-corrected chi connectivity index (χ3v) is 5.28. The molecule has 3 rings (SSSR count). The molecule has 8 heteroatoms. The number of thiophene rings is 1. The van der Waals surface area contributed by atoms with E-state index in [1.165, 1.54) is 11.3 Å². The number of ether oxygens (including phenoxy) is 3. The first kappa shape index (κ1) is 21.2. The van der Waals surface area contributed by atoms with Crippen molar-refractivity contribution in [1.29, 1.82) is 0 Å². The van der Waals surface area contributed by atoms with Crippen molar-refractivity contribution >= 4 is 11.3 Å². The van der Waals surface area contributed by atoms with Gasteiger partial charge in [-0.25, -0.2) is 0 Å². The number of terminal acetylenes is 1. The average Bonchev–Trinajstić information content (AvgIpc) is 3.16. The Balaban J connectivity index is 1.67. The molecule has 29 heavy (non-hydrogen) atoms. The van der Waals surface area contributed by atoms with Crippen molar-refractivity contribution in [3.63, 3.8) is 0 Å². The zero-order valence-corrected chi connectivity index (χ0v) is 16.1. The van der Waals surface area contributed by atoms with Crippen LogP contribution in [-0.4, -0.2) is 57.7 Å². The summed E-state index contributed by atoms with van der Waals surface area (Å²) in [6.45, 7) is -0.512. The molecule has 0 saturated carbocycles. The minimum atomic E-state index is -1.49. The van der Waals surface area contributed by atoms with E-state index in [4.69, 9.17) is 20.6 Å². The molecule has 0 amide bonds. The molecule has 5 unspecified atom stereocenters. The number of hydrogen-bond donors (Lipinski definition) is 4. The smallest absolute Gasteiger partial charge is 0.229 e. The fourth-order valence-corrected chi connectivity index (χ4v) is 3.67. The van der Waals surface area contributed by atoms with E-state index >= 15 is 0 Å². The summed E-state index contributed by atoms with van der Waals surface area (Å²) in [5.41, 5.74) is 0.989. The highest BCUT2D eigenvalue weighted by atomic mass is 32.1. The molecule has 7 nitrogen and oxygen atoms in total. The normalized spacial score (nSPS) is 26.1. The fourth-order valence-electron chi connectivity index (χ4n) is 2.83. The molecular formula is C21H20O7S. The van der Waals surface area contributed by atoms with Crippen LogP contribution in [0, 0.1) is 24.4 Å². The van der Waals surface area contributed by atoms with Crippen molar-refractivity contribution in [2.45, 2.75) is 37.1 Å². The summed E-state index contributed by atoms with van der Waals surface area (Å²) in [6.07, 6.45) is 1.37. The lowest BCUT2D eigenvalue weighted by atomic mass is 9.99. The van der Waals surface area contributed by atoms with Crippen molar-refractivity contribution in [3.8, 4) is 35.9 Å². The third-order valence-electron chi connectivity index (χ3n) is 4.38. The zero-order chi connectivity index (χ0) is 20.8. The molecule has 2 aromatic rings. The summed E-state index contributed by atoms with van der Waals surface area (Å²) in [5, 5.41) is 41.0.